The Hall–Kier alpha value is -1.28. The monoisotopic (exact) mass is 242 g/mol. The zero-order valence-corrected chi connectivity index (χ0v) is 11.4. The zero-order chi connectivity index (χ0) is 12.8. The Morgan fingerprint density at radius 2 is 2.17 bits per heavy atom. The van der Waals surface area contributed by atoms with Gasteiger partial charge in [0, 0.05) is 18.1 Å². The minimum Gasteiger partial charge on any atom is -0.347 e. The van der Waals surface area contributed by atoms with Crippen LogP contribution in [0, 0.1) is 0 Å². The summed E-state index contributed by atoms with van der Waals surface area (Å²) in [7, 11) is 0. The largest absolute Gasteiger partial charge is 0.347 e. The Bertz CT molecular complexity index is 578. The number of hydrogen-bond acceptors (Lipinski definition) is 1. The lowest BCUT2D eigenvalue weighted by Crippen LogP contribution is -2.21. The first-order valence-corrected chi connectivity index (χ1v) is 6.95. The van der Waals surface area contributed by atoms with Gasteiger partial charge in [-0.25, -0.2) is 0 Å². The maximum absolute atomic E-state index is 5.77. The summed E-state index contributed by atoms with van der Waals surface area (Å²) >= 11 is 0. The quantitative estimate of drug-likeness (QED) is 0.880. The van der Waals surface area contributed by atoms with E-state index in [-0.39, 0.29) is 5.41 Å². The molecule has 1 aliphatic heterocycles. The lowest BCUT2D eigenvalue weighted by atomic mass is 9.81. The third-order valence-corrected chi connectivity index (χ3v) is 4.33. The Labute approximate surface area is 109 Å². The molecule has 2 nitrogen and oxygen atoms in total. The van der Waals surface area contributed by atoms with Gasteiger partial charge in [-0.3, -0.25) is 0 Å². The molecule has 96 valence electrons. The van der Waals surface area contributed by atoms with Gasteiger partial charge in [0.05, 0.1) is 5.52 Å². The van der Waals surface area contributed by atoms with Crippen LogP contribution in [0.4, 0.5) is 0 Å². The Morgan fingerprint density at radius 1 is 1.33 bits per heavy atom. The molecular formula is C16H22N2. The lowest BCUT2D eigenvalue weighted by molar-refractivity contribution is 0.489. The lowest BCUT2D eigenvalue weighted by Gasteiger charge is -2.23. The van der Waals surface area contributed by atoms with E-state index in [2.05, 4.69) is 42.8 Å². The van der Waals surface area contributed by atoms with Crippen LogP contribution in [-0.4, -0.2) is 11.1 Å². The van der Waals surface area contributed by atoms with Crippen LogP contribution in [0.2, 0.25) is 0 Å². The molecule has 0 saturated carbocycles. The van der Waals surface area contributed by atoms with Crippen LogP contribution in [0.1, 0.15) is 37.8 Å². The molecule has 0 atom stereocenters. The van der Waals surface area contributed by atoms with Crippen molar-refractivity contribution in [3.63, 3.8) is 0 Å². The van der Waals surface area contributed by atoms with E-state index >= 15 is 0 Å². The molecule has 1 aromatic carbocycles. The third kappa shape index (κ3) is 1.67. The highest BCUT2D eigenvalue weighted by atomic mass is 15.0. The third-order valence-electron chi connectivity index (χ3n) is 4.33. The topological polar surface area (TPSA) is 30.9 Å². The van der Waals surface area contributed by atoms with Crippen LogP contribution >= 0.6 is 0 Å². The summed E-state index contributed by atoms with van der Waals surface area (Å²) in [6.07, 6.45) is 5.88. The van der Waals surface area contributed by atoms with Crippen molar-refractivity contribution >= 4 is 10.9 Å². The molecule has 0 aliphatic carbocycles. The number of aryl methyl sites for hydroxylation is 2. The zero-order valence-electron chi connectivity index (χ0n) is 11.4. The van der Waals surface area contributed by atoms with E-state index < -0.39 is 0 Å². The first-order chi connectivity index (χ1) is 8.63. The molecule has 18 heavy (non-hydrogen) atoms. The number of rotatable bonds is 3. The second-order valence-electron chi connectivity index (χ2n) is 6.08. The van der Waals surface area contributed by atoms with Crippen molar-refractivity contribution in [2.24, 2.45) is 5.73 Å². The number of aromatic nitrogens is 1. The van der Waals surface area contributed by atoms with Crippen molar-refractivity contribution < 1.29 is 0 Å². The van der Waals surface area contributed by atoms with E-state index in [4.69, 9.17) is 5.73 Å². The van der Waals surface area contributed by atoms with Crippen molar-refractivity contribution in [2.75, 3.05) is 6.54 Å². The summed E-state index contributed by atoms with van der Waals surface area (Å²) in [6, 6.07) is 6.75. The maximum Gasteiger partial charge on any atom is 0.0515 e. The smallest absolute Gasteiger partial charge is 0.0515 e. The average molecular weight is 242 g/mol. The first kappa shape index (κ1) is 11.8. The van der Waals surface area contributed by atoms with Crippen LogP contribution in [-0.2, 0) is 18.4 Å². The van der Waals surface area contributed by atoms with Crippen molar-refractivity contribution in [3.8, 4) is 0 Å². The van der Waals surface area contributed by atoms with E-state index in [9.17, 15) is 0 Å². The second-order valence-corrected chi connectivity index (χ2v) is 6.08. The minimum atomic E-state index is 0.168. The molecule has 0 amide bonds. The van der Waals surface area contributed by atoms with Crippen molar-refractivity contribution in [2.45, 2.75) is 45.1 Å². The van der Waals surface area contributed by atoms with Gasteiger partial charge >= 0.3 is 0 Å². The van der Waals surface area contributed by atoms with Crippen molar-refractivity contribution in [1.82, 2.24) is 4.57 Å². The highest BCUT2D eigenvalue weighted by Gasteiger charge is 2.26. The van der Waals surface area contributed by atoms with Gasteiger partial charge in [-0.1, -0.05) is 32.0 Å². The van der Waals surface area contributed by atoms with E-state index in [0.717, 1.165) is 19.5 Å². The van der Waals surface area contributed by atoms with E-state index in [0.29, 0.717) is 0 Å². The predicted octanol–water partition coefficient (Wildman–Crippen LogP) is 3.21. The van der Waals surface area contributed by atoms with Gasteiger partial charge < -0.3 is 10.3 Å². The van der Waals surface area contributed by atoms with Crippen LogP contribution in [0.5, 0.6) is 0 Å². The second kappa shape index (κ2) is 4.13. The molecule has 0 fully saturated rings. The minimum absolute atomic E-state index is 0.168. The highest BCUT2D eigenvalue weighted by molar-refractivity contribution is 5.88. The van der Waals surface area contributed by atoms with Gasteiger partial charge in [-0.05, 0) is 42.3 Å². The van der Waals surface area contributed by atoms with Gasteiger partial charge in [0.2, 0.25) is 0 Å². The van der Waals surface area contributed by atoms with Crippen LogP contribution in [0.25, 0.3) is 10.9 Å². The Balaban J connectivity index is 2.23. The Kier molecular flexibility index (Phi) is 2.70. The van der Waals surface area contributed by atoms with E-state index in [1.807, 2.05) is 0 Å². The summed E-state index contributed by atoms with van der Waals surface area (Å²) in [5.74, 6) is 0. The summed E-state index contributed by atoms with van der Waals surface area (Å²) < 4.78 is 2.45. The highest BCUT2D eigenvalue weighted by Crippen LogP contribution is 2.37. The first-order valence-electron chi connectivity index (χ1n) is 6.95. The van der Waals surface area contributed by atoms with Crippen LogP contribution < -0.4 is 5.73 Å². The number of nitrogens with zero attached hydrogens (tertiary/aromatic N) is 1. The molecule has 2 heterocycles. The summed E-state index contributed by atoms with van der Waals surface area (Å²) in [4.78, 5) is 0. The summed E-state index contributed by atoms with van der Waals surface area (Å²) in [5, 5.41) is 1.44. The molecule has 1 aliphatic rings. The Morgan fingerprint density at radius 3 is 2.94 bits per heavy atom. The fourth-order valence-corrected chi connectivity index (χ4v) is 3.29. The number of hydrogen-bond donors (Lipinski definition) is 1. The van der Waals surface area contributed by atoms with Crippen LogP contribution in [0.3, 0.4) is 0 Å². The molecule has 0 unspecified atom stereocenters. The van der Waals surface area contributed by atoms with Gasteiger partial charge in [0.15, 0.2) is 0 Å². The fraction of sp³-hybridized carbons (Fsp3) is 0.500. The number of para-hydroxylation sites is 1. The molecule has 0 spiro atoms. The molecule has 0 radical (unpaired) electrons. The summed E-state index contributed by atoms with van der Waals surface area (Å²) in [5.41, 5.74) is 10.4. The molecular weight excluding hydrogens is 220 g/mol. The summed E-state index contributed by atoms with van der Waals surface area (Å²) in [6.45, 7) is 6.53. The fourth-order valence-electron chi connectivity index (χ4n) is 3.29. The van der Waals surface area contributed by atoms with E-state index in [1.165, 1.54) is 34.9 Å². The standard InChI is InChI=1S/C16H22N2/c1-16(2,8-9-17)14-11-18-10-4-6-12-5-3-7-13(14)15(12)18/h3,5,7,11H,4,6,8-10,17H2,1-2H3. The predicted molar refractivity (Wildman–Crippen MR) is 77.0 cm³/mol. The van der Waals surface area contributed by atoms with E-state index in [1.54, 1.807) is 0 Å². The average Bonchev–Trinajstić information content (AvgIpc) is 2.72. The van der Waals surface area contributed by atoms with Gasteiger partial charge in [0.1, 0.15) is 0 Å². The number of benzene rings is 1. The molecule has 3 rings (SSSR count). The molecule has 0 bridgehead atoms. The van der Waals surface area contributed by atoms with Gasteiger partial charge in [-0.15, -0.1) is 0 Å². The molecule has 2 aromatic rings. The van der Waals surface area contributed by atoms with Crippen LogP contribution in [0.15, 0.2) is 24.4 Å². The molecule has 2 N–H and O–H groups in total. The van der Waals surface area contributed by atoms with Crippen molar-refractivity contribution in [3.05, 3.63) is 35.5 Å². The molecule has 0 saturated heterocycles. The number of nitrogens with two attached hydrogens (primary N) is 1. The normalized spacial score (nSPS) is 15.3. The van der Waals surface area contributed by atoms with Crippen molar-refractivity contribution in [1.29, 1.82) is 0 Å². The SMILES string of the molecule is CC(C)(CCN)c1cn2c3c(cccc13)CCC2. The van der Waals surface area contributed by atoms with Gasteiger partial charge in [0.25, 0.3) is 0 Å². The molecule has 1 aromatic heterocycles. The molecule has 2 heteroatoms. The van der Waals surface area contributed by atoms with Gasteiger partial charge in [-0.2, -0.15) is 0 Å². The maximum atomic E-state index is 5.77.